The number of carbonyl (C=O) groups is 1. The number of rotatable bonds is 2. The lowest BCUT2D eigenvalue weighted by Gasteiger charge is -2.09. The van der Waals surface area contributed by atoms with E-state index in [2.05, 4.69) is 10.3 Å². The number of carbonyl (C=O) groups excluding carboxylic acids is 1. The molecule has 0 saturated heterocycles. The van der Waals surface area contributed by atoms with Gasteiger partial charge in [-0.15, -0.1) is 0 Å². The number of nitrogens with zero attached hydrogens (tertiary/aromatic N) is 1. The summed E-state index contributed by atoms with van der Waals surface area (Å²) in [6.45, 7) is 1.79. The summed E-state index contributed by atoms with van der Waals surface area (Å²) in [7, 11) is 0. The van der Waals surface area contributed by atoms with Gasteiger partial charge in [-0.1, -0.05) is 18.2 Å². The van der Waals surface area contributed by atoms with Gasteiger partial charge in [0.15, 0.2) is 11.6 Å². The first-order valence-corrected chi connectivity index (χ1v) is 6.67. The Morgan fingerprint density at radius 3 is 2.59 bits per heavy atom. The van der Waals surface area contributed by atoms with Gasteiger partial charge < -0.3 is 5.32 Å². The number of para-hydroxylation sites is 1. The molecule has 3 aromatic rings. The summed E-state index contributed by atoms with van der Waals surface area (Å²) in [6.07, 6.45) is 0. The summed E-state index contributed by atoms with van der Waals surface area (Å²) < 4.78 is 26.1. The van der Waals surface area contributed by atoms with Crippen LogP contribution in [0.1, 0.15) is 16.1 Å². The molecule has 3 nitrogen and oxygen atoms in total. The van der Waals surface area contributed by atoms with Crippen LogP contribution in [0, 0.1) is 18.6 Å². The van der Waals surface area contributed by atoms with Crippen LogP contribution in [0.3, 0.4) is 0 Å². The Labute approximate surface area is 125 Å². The molecule has 110 valence electrons. The monoisotopic (exact) mass is 298 g/mol. The fourth-order valence-electron chi connectivity index (χ4n) is 2.27. The Hall–Kier alpha value is -2.82. The van der Waals surface area contributed by atoms with Crippen LogP contribution in [-0.4, -0.2) is 10.9 Å². The highest BCUT2D eigenvalue weighted by Crippen LogP contribution is 2.20. The predicted octanol–water partition coefficient (Wildman–Crippen LogP) is 4.07. The van der Waals surface area contributed by atoms with Crippen molar-refractivity contribution in [1.29, 1.82) is 0 Å². The van der Waals surface area contributed by atoms with Gasteiger partial charge in [0.1, 0.15) is 0 Å². The summed E-state index contributed by atoms with van der Waals surface area (Å²) >= 11 is 0. The molecule has 0 saturated carbocycles. The minimum Gasteiger partial charge on any atom is -0.322 e. The lowest BCUT2D eigenvalue weighted by atomic mass is 10.1. The molecule has 0 bridgehead atoms. The quantitative estimate of drug-likeness (QED) is 0.774. The van der Waals surface area contributed by atoms with Crippen LogP contribution in [0.2, 0.25) is 0 Å². The van der Waals surface area contributed by atoms with Crippen molar-refractivity contribution in [1.82, 2.24) is 4.98 Å². The maximum absolute atomic E-state index is 13.2. The molecule has 2 aromatic carbocycles. The van der Waals surface area contributed by atoms with Crippen molar-refractivity contribution >= 4 is 22.5 Å². The van der Waals surface area contributed by atoms with Gasteiger partial charge in [0.25, 0.3) is 5.91 Å². The van der Waals surface area contributed by atoms with Crippen LogP contribution < -0.4 is 5.32 Å². The predicted molar refractivity (Wildman–Crippen MR) is 80.8 cm³/mol. The first-order chi connectivity index (χ1) is 10.5. The average molecular weight is 298 g/mol. The lowest BCUT2D eigenvalue weighted by molar-refractivity contribution is 0.102. The number of hydrogen-bond acceptors (Lipinski definition) is 2. The molecule has 0 spiro atoms. The first kappa shape index (κ1) is 14.1. The van der Waals surface area contributed by atoms with E-state index in [1.807, 2.05) is 18.2 Å². The summed E-state index contributed by atoms with van der Waals surface area (Å²) in [4.78, 5) is 16.8. The Morgan fingerprint density at radius 1 is 1.05 bits per heavy atom. The van der Waals surface area contributed by atoms with Crippen molar-refractivity contribution in [3.05, 3.63) is 71.4 Å². The summed E-state index contributed by atoms with van der Waals surface area (Å²) in [5.74, 6) is -2.36. The topological polar surface area (TPSA) is 42.0 Å². The van der Waals surface area contributed by atoms with Crippen LogP contribution in [0.25, 0.3) is 10.9 Å². The van der Waals surface area contributed by atoms with Crippen LogP contribution in [0.15, 0.2) is 48.5 Å². The van der Waals surface area contributed by atoms with E-state index < -0.39 is 17.5 Å². The maximum atomic E-state index is 13.2. The molecule has 1 amide bonds. The van der Waals surface area contributed by atoms with Gasteiger partial charge in [-0.2, -0.15) is 0 Å². The first-order valence-electron chi connectivity index (χ1n) is 6.67. The second-order valence-corrected chi connectivity index (χ2v) is 4.91. The molecular formula is C17H12F2N2O. The number of aryl methyl sites for hydroxylation is 1. The minimum atomic E-state index is -1.01. The molecule has 1 heterocycles. The Morgan fingerprint density at radius 2 is 1.82 bits per heavy atom. The summed E-state index contributed by atoms with van der Waals surface area (Å²) in [5.41, 5.74) is 2.04. The zero-order valence-electron chi connectivity index (χ0n) is 11.7. The van der Waals surface area contributed by atoms with Crippen molar-refractivity contribution < 1.29 is 13.6 Å². The van der Waals surface area contributed by atoms with Crippen molar-refractivity contribution in [3.8, 4) is 0 Å². The van der Waals surface area contributed by atoms with E-state index in [9.17, 15) is 13.6 Å². The number of pyridine rings is 1. The van der Waals surface area contributed by atoms with Crippen LogP contribution in [0.4, 0.5) is 14.5 Å². The molecule has 0 unspecified atom stereocenters. The number of amides is 1. The van der Waals surface area contributed by atoms with Gasteiger partial charge in [0, 0.05) is 22.8 Å². The van der Waals surface area contributed by atoms with E-state index in [4.69, 9.17) is 0 Å². The van der Waals surface area contributed by atoms with Crippen molar-refractivity contribution in [2.24, 2.45) is 0 Å². The summed E-state index contributed by atoms with van der Waals surface area (Å²) in [6, 6.07) is 12.2. The van der Waals surface area contributed by atoms with Crippen LogP contribution in [0.5, 0.6) is 0 Å². The Bertz CT molecular complexity index is 878. The molecular weight excluding hydrogens is 286 g/mol. The zero-order chi connectivity index (χ0) is 15.7. The molecule has 1 aromatic heterocycles. The number of fused-ring (bicyclic) bond motifs is 1. The number of anilines is 1. The van der Waals surface area contributed by atoms with Crippen molar-refractivity contribution in [3.63, 3.8) is 0 Å². The fourth-order valence-corrected chi connectivity index (χ4v) is 2.27. The molecule has 5 heteroatoms. The molecule has 3 rings (SSSR count). The highest BCUT2D eigenvalue weighted by atomic mass is 19.2. The number of hydrogen-bond donors (Lipinski definition) is 1. The highest BCUT2D eigenvalue weighted by Gasteiger charge is 2.13. The third-order valence-electron chi connectivity index (χ3n) is 3.27. The molecule has 22 heavy (non-hydrogen) atoms. The smallest absolute Gasteiger partial charge is 0.256 e. The van der Waals surface area contributed by atoms with Crippen molar-refractivity contribution in [2.45, 2.75) is 6.92 Å². The van der Waals surface area contributed by atoms with Crippen molar-refractivity contribution in [2.75, 3.05) is 5.32 Å². The van der Waals surface area contributed by atoms with E-state index in [1.54, 1.807) is 19.1 Å². The largest absolute Gasteiger partial charge is 0.322 e. The Kier molecular flexibility index (Phi) is 3.55. The molecule has 1 N–H and O–H groups in total. The molecule has 0 radical (unpaired) electrons. The molecule has 0 fully saturated rings. The average Bonchev–Trinajstić information content (AvgIpc) is 2.50. The third kappa shape index (κ3) is 2.65. The van der Waals surface area contributed by atoms with Crippen LogP contribution >= 0.6 is 0 Å². The third-order valence-corrected chi connectivity index (χ3v) is 3.27. The second kappa shape index (κ2) is 5.52. The van der Waals surface area contributed by atoms with E-state index in [0.29, 0.717) is 22.2 Å². The fraction of sp³-hybridized carbons (Fsp3) is 0.0588. The van der Waals surface area contributed by atoms with Crippen LogP contribution in [-0.2, 0) is 0 Å². The van der Waals surface area contributed by atoms with Gasteiger partial charge in [-0.25, -0.2) is 8.78 Å². The van der Waals surface area contributed by atoms with Gasteiger partial charge in [-0.05, 0) is 31.2 Å². The van der Waals surface area contributed by atoms with E-state index >= 15 is 0 Å². The molecule has 0 aliphatic rings. The number of aromatic nitrogens is 1. The van der Waals surface area contributed by atoms with Gasteiger partial charge in [-0.3, -0.25) is 9.78 Å². The van der Waals surface area contributed by atoms with Gasteiger partial charge in [0.2, 0.25) is 0 Å². The maximum Gasteiger partial charge on any atom is 0.256 e. The Balaban J connectivity index is 2.00. The standard InChI is InChI=1S/C17H12F2N2O/c1-10-8-13(12-4-2-3-5-16(12)20-10)17(22)21-11-6-7-14(18)15(19)9-11/h2-9H,1H3,(H,21,22). The van der Waals surface area contributed by atoms with E-state index in [0.717, 1.165) is 12.1 Å². The number of benzene rings is 2. The van der Waals surface area contributed by atoms with Gasteiger partial charge >= 0.3 is 0 Å². The molecule has 0 aliphatic heterocycles. The molecule has 0 aliphatic carbocycles. The lowest BCUT2D eigenvalue weighted by Crippen LogP contribution is -2.13. The SMILES string of the molecule is Cc1cc(C(=O)Nc2ccc(F)c(F)c2)c2ccccc2n1. The highest BCUT2D eigenvalue weighted by molar-refractivity contribution is 6.12. The molecule has 0 atom stereocenters. The normalized spacial score (nSPS) is 10.7. The van der Waals surface area contributed by atoms with E-state index in [-0.39, 0.29) is 5.69 Å². The zero-order valence-corrected chi connectivity index (χ0v) is 11.7. The second-order valence-electron chi connectivity index (χ2n) is 4.91. The minimum absolute atomic E-state index is 0.197. The summed E-state index contributed by atoms with van der Waals surface area (Å²) in [5, 5.41) is 3.27. The number of halogens is 2. The van der Waals surface area contributed by atoms with Gasteiger partial charge in [0.05, 0.1) is 11.1 Å². The number of nitrogens with one attached hydrogen (secondary N) is 1. The van der Waals surface area contributed by atoms with E-state index in [1.165, 1.54) is 6.07 Å².